The number of hydrogen-bond donors (Lipinski definition) is 3. The van der Waals surface area contributed by atoms with E-state index in [0.717, 1.165) is 0 Å². The summed E-state index contributed by atoms with van der Waals surface area (Å²) < 4.78 is 14.6. The second-order valence-electron chi connectivity index (χ2n) is 1.82. The third kappa shape index (κ3) is 4.90. The molecule has 0 saturated heterocycles. The summed E-state index contributed by atoms with van der Waals surface area (Å²) in [5, 5.41) is 0. The van der Waals surface area contributed by atoms with E-state index >= 15 is 0 Å². The van der Waals surface area contributed by atoms with Crippen LogP contribution < -0.4 is 11.5 Å². The molecule has 0 spiro atoms. The van der Waals surface area contributed by atoms with Crippen LogP contribution in [0.3, 0.4) is 0 Å². The fourth-order valence-corrected chi connectivity index (χ4v) is 1.05. The van der Waals surface area contributed by atoms with Crippen LogP contribution in [0.15, 0.2) is 0 Å². The summed E-state index contributed by atoms with van der Waals surface area (Å²) in [7, 11) is -2.85. The van der Waals surface area contributed by atoms with E-state index < -0.39 is 8.25 Å². The molecule has 0 rings (SSSR count). The Morgan fingerprint density at radius 2 is 2.20 bits per heavy atom. The molecule has 0 aliphatic carbocycles. The predicted octanol–water partition coefficient (Wildman–Crippen LogP) is -0.939. The molecule has 0 aromatic rings. The van der Waals surface area contributed by atoms with Crippen molar-refractivity contribution in [3.05, 3.63) is 0 Å². The Balaban J connectivity index is 3.49. The summed E-state index contributed by atoms with van der Waals surface area (Å²) in [6.07, 6.45) is 0.148. The standard InChI is InChI=1S/C4H13N2O3P/c5-2-1-4(3-6)9-10(7)8/h4,10H,1-3,5-6H2,(H,7,8). The van der Waals surface area contributed by atoms with Gasteiger partial charge in [0.1, 0.15) is 0 Å². The number of hydrogen-bond acceptors (Lipinski definition) is 4. The third-order valence-electron chi connectivity index (χ3n) is 1.02. The summed E-state index contributed by atoms with van der Waals surface area (Å²) >= 11 is 0. The van der Waals surface area contributed by atoms with Crippen LogP contribution >= 0.6 is 8.25 Å². The molecule has 0 heterocycles. The van der Waals surface area contributed by atoms with Crippen LogP contribution in [-0.2, 0) is 9.09 Å². The van der Waals surface area contributed by atoms with E-state index in [1.165, 1.54) is 0 Å². The molecule has 0 aromatic heterocycles. The molecule has 0 aromatic carbocycles. The molecule has 2 atom stereocenters. The zero-order valence-corrected chi connectivity index (χ0v) is 6.62. The average molecular weight is 168 g/mol. The molecule has 0 bridgehead atoms. The van der Waals surface area contributed by atoms with Crippen molar-refractivity contribution in [2.45, 2.75) is 12.5 Å². The first kappa shape index (κ1) is 10.1. The Kier molecular flexibility index (Phi) is 5.87. The SMILES string of the molecule is NCCC(CN)O[PH](=O)O. The van der Waals surface area contributed by atoms with E-state index in [1.54, 1.807) is 0 Å². The zero-order chi connectivity index (χ0) is 7.98. The van der Waals surface area contributed by atoms with Gasteiger partial charge in [-0.05, 0) is 13.0 Å². The van der Waals surface area contributed by atoms with Gasteiger partial charge in [-0.2, -0.15) is 0 Å². The molecule has 5 N–H and O–H groups in total. The molecule has 62 valence electrons. The molecular weight excluding hydrogens is 155 g/mol. The Bertz CT molecular complexity index is 111. The van der Waals surface area contributed by atoms with Crippen LogP contribution in [0.5, 0.6) is 0 Å². The van der Waals surface area contributed by atoms with Gasteiger partial charge in [-0.1, -0.05) is 0 Å². The van der Waals surface area contributed by atoms with E-state index in [2.05, 4.69) is 4.52 Å². The minimum Gasteiger partial charge on any atom is -0.330 e. The van der Waals surface area contributed by atoms with Crippen molar-refractivity contribution in [3.63, 3.8) is 0 Å². The second kappa shape index (κ2) is 5.82. The molecule has 0 aliphatic rings. The van der Waals surface area contributed by atoms with Gasteiger partial charge in [0.05, 0.1) is 6.10 Å². The molecule has 0 fully saturated rings. The lowest BCUT2D eigenvalue weighted by atomic mass is 10.3. The van der Waals surface area contributed by atoms with E-state index in [1.807, 2.05) is 0 Å². The van der Waals surface area contributed by atoms with E-state index in [0.29, 0.717) is 13.0 Å². The van der Waals surface area contributed by atoms with E-state index in [-0.39, 0.29) is 12.6 Å². The topological polar surface area (TPSA) is 98.6 Å². The van der Waals surface area contributed by atoms with Gasteiger partial charge < -0.3 is 20.9 Å². The van der Waals surface area contributed by atoms with Crippen molar-refractivity contribution in [1.29, 1.82) is 0 Å². The highest BCUT2D eigenvalue weighted by molar-refractivity contribution is 7.32. The maximum absolute atomic E-state index is 10.1. The minimum absolute atomic E-state index is 0.230. The van der Waals surface area contributed by atoms with Gasteiger partial charge in [-0.25, -0.2) is 0 Å². The van der Waals surface area contributed by atoms with Crippen molar-refractivity contribution < 1.29 is 14.0 Å². The largest absolute Gasteiger partial charge is 0.330 e. The minimum atomic E-state index is -2.85. The molecular formula is C4H13N2O3P. The van der Waals surface area contributed by atoms with Crippen LogP contribution in [0.1, 0.15) is 6.42 Å². The Morgan fingerprint density at radius 3 is 2.50 bits per heavy atom. The van der Waals surface area contributed by atoms with Crippen molar-refractivity contribution in [2.24, 2.45) is 11.5 Å². The Labute approximate surface area is 60.3 Å². The first-order valence-electron chi connectivity index (χ1n) is 3.00. The van der Waals surface area contributed by atoms with Gasteiger partial charge in [0.2, 0.25) is 0 Å². The lowest BCUT2D eigenvalue weighted by molar-refractivity contribution is 0.188. The quantitative estimate of drug-likeness (QED) is 0.460. The van der Waals surface area contributed by atoms with Crippen molar-refractivity contribution >= 4 is 8.25 Å². The van der Waals surface area contributed by atoms with Gasteiger partial charge in [0.15, 0.2) is 0 Å². The van der Waals surface area contributed by atoms with Gasteiger partial charge in [0.25, 0.3) is 0 Å². The smallest absolute Gasteiger partial charge is 0.316 e. The normalized spacial score (nSPS) is 16.7. The first-order chi connectivity index (χ1) is 4.70. The predicted molar refractivity (Wildman–Crippen MR) is 38.8 cm³/mol. The first-order valence-corrected chi connectivity index (χ1v) is 4.26. The molecule has 2 unspecified atom stereocenters. The number of rotatable bonds is 5. The van der Waals surface area contributed by atoms with Crippen molar-refractivity contribution in [3.8, 4) is 0 Å². The second-order valence-corrected chi connectivity index (χ2v) is 2.59. The molecule has 10 heavy (non-hydrogen) atoms. The van der Waals surface area contributed by atoms with Crippen LogP contribution in [0.25, 0.3) is 0 Å². The Morgan fingerprint density at radius 1 is 1.60 bits per heavy atom. The van der Waals surface area contributed by atoms with E-state index in [9.17, 15) is 4.57 Å². The van der Waals surface area contributed by atoms with Gasteiger partial charge in [-0.3, -0.25) is 4.57 Å². The van der Waals surface area contributed by atoms with Crippen LogP contribution in [-0.4, -0.2) is 24.1 Å². The van der Waals surface area contributed by atoms with Gasteiger partial charge in [0, 0.05) is 6.54 Å². The van der Waals surface area contributed by atoms with Gasteiger partial charge >= 0.3 is 8.25 Å². The van der Waals surface area contributed by atoms with Crippen LogP contribution in [0, 0.1) is 0 Å². The molecule has 0 saturated carbocycles. The summed E-state index contributed by atoms with van der Waals surface area (Å²) in [6.45, 7) is 0.644. The fourth-order valence-electron chi connectivity index (χ4n) is 0.553. The fraction of sp³-hybridized carbons (Fsp3) is 1.00. The summed E-state index contributed by atoms with van der Waals surface area (Å²) in [5.41, 5.74) is 10.4. The monoisotopic (exact) mass is 168 g/mol. The van der Waals surface area contributed by atoms with Crippen molar-refractivity contribution in [1.82, 2.24) is 0 Å². The molecule has 0 radical (unpaired) electrons. The summed E-state index contributed by atoms with van der Waals surface area (Å²) in [5.74, 6) is 0. The third-order valence-corrected chi connectivity index (χ3v) is 1.55. The zero-order valence-electron chi connectivity index (χ0n) is 5.62. The highest BCUT2D eigenvalue weighted by Gasteiger charge is 2.07. The van der Waals surface area contributed by atoms with Crippen molar-refractivity contribution in [2.75, 3.05) is 13.1 Å². The highest BCUT2D eigenvalue weighted by Crippen LogP contribution is 2.18. The molecule has 0 amide bonds. The average Bonchev–Trinajstić information content (AvgIpc) is 1.86. The molecule has 0 aliphatic heterocycles. The van der Waals surface area contributed by atoms with E-state index in [4.69, 9.17) is 16.4 Å². The van der Waals surface area contributed by atoms with Crippen LogP contribution in [0.2, 0.25) is 0 Å². The Hall–Kier alpha value is 0.0700. The lowest BCUT2D eigenvalue weighted by Gasteiger charge is -2.11. The maximum Gasteiger partial charge on any atom is 0.316 e. The lowest BCUT2D eigenvalue weighted by Crippen LogP contribution is -2.24. The summed E-state index contributed by atoms with van der Waals surface area (Å²) in [4.78, 5) is 8.31. The molecule has 5 nitrogen and oxygen atoms in total. The van der Waals surface area contributed by atoms with Gasteiger partial charge in [-0.15, -0.1) is 0 Å². The molecule has 6 heteroatoms. The van der Waals surface area contributed by atoms with Crippen LogP contribution in [0.4, 0.5) is 0 Å². The highest BCUT2D eigenvalue weighted by atomic mass is 31.1. The number of nitrogens with two attached hydrogens (primary N) is 2. The maximum atomic E-state index is 10.1. The summed E-state index contributed by atoms with van der Waals surface area (Å²) in [6, 6.07) is 0.